The molecule has 6 nitrogen and oxygen atoms in total. The molecule has 0 aliphatic carbocycles. The van der Waals surface area contributed by atoms with Crippen molar-refractivity contribution in [3.05, 3.63) is 109 Å². The summed E-state index contributed by atoms with van der Waals surface area (Å²) in [5.74, 6) is -0.979. The van der Waals surface area contributed by atoms with Crippen LogP contribution in [-0.4, -0.2) is 37.2 Å². The Morgan fingerprint density at radius 1 is 0.313 bits per heavy atom. The third kappa shape index (κ3) is 52.9. The molecular weight excluding hydrogens is 829 g/mol. The summed E-state index contributed by atoms with van der Waals surface area (Å²) in [6, 6.07) is 0. The predicted molar refractivity (Wildman–Crippen MR) is 288 cm³/mol. The van der Waals surface area contributed by atoms with Crippen molar-refractivity contribution < 1.29 is 28.6 Å². The number of carbonyl (C=O) groups is 3. The molecule has 0 saturated carbocycles. The summed E-state index contributed by atoms with van der Waals surface area (Å²) in [6.45, 7) is 6.40. The Kier molecular flexibility index (Phi) is 51.5. The molecule has 0 aromatic rings. The predicted octanol–water partition coefficient (Wildman–Crippen LogP) is 18.3. The topological polar surface area (TPSA) is 78.9 Å². The minimum Gasteiger partial charge on any atom is -0.462 e. The number of rotatable bonds is 48. The van der Waals surface area contributed by atoms with Gasteiger partial charge in [0.1, 0.15) is 13.2 Å². The Labute approximate surface area is 412 Å². The molecule has 67 heavy (non-hydrogen) atoms. The Hall–Kier alpha value is -3.93. The normalized spacial score (nSPS) is 12.9. The molecule has 0 saturated heterocycles. The summed E-state index contributed by atoms with van der Waals surface area (Å²) in [7, 11) is 0. The van der Waals surface area contributed by atoms with Crippen LogP contribution in [0.5, 0.6) is 0 Å². The Morgan fingerprint density at radius 3 is 1.00 bits per heavy atom. The van der Waals surface area contributed by atoms with Gasteiger partial charge in [0.15, 0.2) is 6.10 Å². The van der Waals surface area contributed by atoms with E-state index in [4.69, 9.17) is 14.2 Å². The number of hydrogen-bond acceptors (Lipinski definition) is 6. The molecule has 0 N–H and O–H groups in total. The lowest BCUT2D eigenvalue weighted by atomic mass is 10.1. The van der Waals surface area contributed by atoms with Crippen LogP contribution in [0.4, 0.5) is 0 Å². The van der Waals surface area contributed by atoms with Crippen molar-refractivity contribution >= 4 is 17.9 Å². The average Bonchev–Trinajstić information content (AvgIpc) is 3.33. The first kappa shape index (κ1) is 63.1. The maximum absolute atomic E-state index is 12.8. The summed E-state index contributed by atoms with van der Waals surface area (Å²) >= 11 is 0. The second-order valence-electron chi connectivity index (χ2n) is 17.9. The van der Waals surface area contributed by atoms with Gasteiger partial charge in [0.05, 0.1) is 0 Å². The highest BCUT2D eigenvalue weighted by molar-refractivity contribution is 5.71. The highest BCUT2D eigenvalue weighted by atomic mass is 16.6. The molecule has 380 valence electrons. The van der Waals surface area contributed by atoms with Crippen molar-refractivity contribution in [1.29, 1.82) is 0 Å². The summed E-state index contributed by atoms with van der Waals surface area (Å²) in [6.07, 6.45) is 73.6. The van der Waals surface area contributed by atoms with Crippen LogP contribution >= 0.6 is 0 Å². The van der Waals surface area contributed by atoms with Gasteiger partial charge in [-0.05, 0) is 89.9 Å². The van der Waals surface area contributed by atoms with Crippen molar-refractivity contribution in [2.75, 3.05) is 13.2 Å². The van der Waals surface area contributed by atoms with Gasteiger partial charge in [0.2, 0.25) is 0 Å². The van der Waals surface area contributed by atoms with Crippen molar-refractivity contribution in [3.63, 3.8) is 0 Å². The lowest BCUT2D eigenvalue weighted by Gasteiger charge is -2.18. The van der Waals surface area contributed by atoms with E-state index in [1.54, 1.807) is 0 Å². The molecular formula is C61H100O6. The van der Waals surface area contributed by atoms with Gasteiger partial charge in [-0.1, -0.05) is 239 Å². The molecule has 0 bridgehead atoms. The van der Waals surface area contributed by atoms with E-state index in [2.05, 4.69) is 93.7 Å². The summed E-state index contributed by atoms with van der Waals surface area (Å²) in [5, 5.41) is 0. The number of unbranched alkanes of at least 4 members (excludes halogenated alkanes) is 25. The molecule has 0 spiro atoms. The molecule has 0 aliphatic rings. The fourth-order valence-corrected chi connectivity index (χ4v) is 7.28. The number of allylic oxidation sites excluding steroid dienone is 18. The molecule has 0 fully saturated rings. The van der Waals surface area contributed by atoms with Crippen molar-refractivity contribution in [3.8, 4) is 0 Å². The fraction of sp³-hybridized carbons (Fsp3) is 0.656. The van der Waals surface area contributed by atoms with Crippen LogP contribution < -0.4 is 0 Å². The van der Waals surface area contributed by atoms with Crippen molar-refractivity contribution in [2.45, 2.75) is 245 Å². The zero-order chi connectivity index (χ0) is 48.6. The average molecular weight is 929 g/mol. The number of carbonyl (C=O) groups excluding carboxylic acids is 3. The summed E-state index contributed by atoms with van der Waals surface area (Å²) in [4.78, 5) is 38.1. The van der Waals surface area contributed by atoms with Gasteiger partial charge < -0.3 is 14.2 Å². The van der Waals surface area contributed by atoms with E-state index in [1.807, 2.05) is 36.5 Å². The van der Waals surface area contributed by atoms with Crippen LogP contribution in [-0.2, 0) is 28.6 Å². The maximum Gasteiger partial charge on any atom is 0.306 e. The smallest absolute Gasteiger partial charge is 0.306 e. The number of esters is 3. The Balaban J connectivity index is 4.50. The molecule has 0 heterocycles. The van der Waals surface area contributed by atoms with E-state index in [0.29, 0.717) is 19.3 Å². The maximum atomic E-state index is 12.8. The Morgan fingerprint density at radius 2 is 0.597 bits per heavy atom. The van der Waals surface area contributed by atoms with Crippen LogP contribution in [0.2, 0.25) is 0 Å². The zero-order valence-electron chi connectivity index (χ0n) is 43.4. The SMILES string of the molecule is CC/C=C/C=C/C=C/C=C/CCCCCC(=O)OCC(COC(=O)CCCCCCC/C=C/C=C/C=C/C=C/CCCCC)OC(=O)CCCCCCC/C=C/CCCCCCCCCCC. The molecule has 1 unspecified atom stereocenters. The number of hydrogen-bond donors (Lipinski definition) is 0. The monoisotopic (exact) mass is 929 g/mol. The molecule has 1 atom stereocenters. The molecule has 6 heteroatoms. The minimum atomic E-state index is -0.811. The summed E-state index contributed by atoms with van der Waals surface area (Å²) < 4.78 is 16.8. The lowest BCUT2D eigenvalue weighted by molar-refractivity contribution is -0.167. The Bertz CT molecular complexity index is 1390. The molecule has 0 aliphatic heterocycles. The van der Waals surface area contributed by atoms with E-state index in [0.717, 1.165) is 109 Å². The van der Waals surface area contributed by atoms with Gasteiger partial charge in [0, 0.05) is 19.3 Å². The van der Waals surface area contributed by atoms with E-state index < -0.39 is 6.10 Å². The molecule has 0 rings (SSSR count). The zero-order valence-corrected chi connectivity index (χ0v) is 43.4. The summed E-state index contributed by atoms with van der Waals surface area (Å²) in [5.41, 5.74) is 0. The molecule has 0 amide bonds. The number of ether oxygens (including phenoxy) is 3. The van der Waals surface area contributed by atoms with Crippen molar-refractivity contribution in [1.82, 2.24) is 0 Å². The van der Waals surface area contributed by atoms with Crippen LogP contribution in [0.1, 0.15) is 239 Å². The lowest BCUT2D eigenvalue weighted by Crippen LogP contribution is -2.30. The van der Waals surface area contributed by atoms with Crippen molar-refractivity contribution in [2.24, 2.45) is 0 Å². The van der Waals surface area contributed by atoms with E-state index in [9.17, 15) is 14.4 Å². The van der Waals surface area contributed by atoms with E-state index >= 15 is 0 Å². The quantitative estimate of drug-likeness (QED) is 0.0199. The minimum absolute atomic E-state index is 0.108. The largest absolute Gasteiger partial charge is 0.462 e. The first-order chi connectivity index (χ1) is 33.0. The van der Waals surface area contributed by atoms with E-state index in [-0.39, 0.29) is 31.1 Å². The first-order valence-corrected chi connectivity index (χ1v) is 27.5. The molecule has 0 aromatic heterocycles. The van der Waals surface area contributed by atoms with Gasteiger partial charge in [-0.2, -0.15) is 0 Å². The van der Waals surface area contributed by atoms with Gasteiger partial charge in [0.25, 0.3) is 0 Å². The standard InChI is InChI=1S/C61H100O6/c1-4-7-10-13-16-19-22-25-27-29-31-33-36-39-42-45-48-51-54-60(63)66-57-58(56-65-59(62)53-50-47-44-41-38-35-24-21-18-15-12-9-6-3)67-61(64)55-52-49-46-43-40-37-34-32-30-28-26-23-20-17-14-11-8-5-2/h9,12,15-16,18-19,21-22,24-25,27,29,31-35,38,58H,4-8,10-11,13-14,17,20,23,26,28,30,36-37,39-57H2,1-3H3/b12-9+,18-15+,19-16+,24-21+,25-22+,29-27+,33-31+,34-32+,38-35+. The first-order valence-electron chi connectivity index (χ1n) is 27.5. The molecule has 0 radical (unpaired) electrons. The highest BCUT2D eigenvalue weighted by Gasteiger charge is 2.19. The second-order valence-corrected chi connectivity index (χ2v) is 17.9. The highest BCUT2D eigenvalue weighted by Crippen LogP contribution is 2.14. The van der Waals surface area contributed by atoms with Crippen LogP contribution in [0.3, 0.4) is 0 Å². The van der Waals surface area contributed by atoms with Gasteiger partial charge in [-0.3, -0.25) is 14.4 Å². The van der Waals surface area contributed by atoms with Crippen LogP contribution in [0, 0.1) is 0 Å². The third-order valence-corrected chi connectivity index (χ3v) is 11.4. The van der Waals surface area contributed by atoms with Gasteiger partial charge in [-0.15, -0.1) is 0 Å². The third-order valence-electron chi connectivity index (χ3n) is 11.4. The molecule has 0 aromatic carbocycles. The second kappa shape index (κ2) is 54.7. The fourth-order valence-electron chi connectivity index (χ4n) is 7.28. The van der Waals surface area contributed by atoms with Crippen LogP contribution in [0.25, 0.3) is 0 Å². The van der Waals surface area contributed by atoms with Gasteiger partial charge in [-0.25, -0.2) is 0 Å². The van der Waals surface area contributed by atoms with Crippen LogP contribution in [0.15, 0.2) is 109 Å². The van der Waals surface area contributed by atoms with Gasteiger partial charge >= 0.3 is 17.9 Å². The van der Waals surface area contributed by atoms with E-state index in [1.165, 1.54) is 89.9 Å².